The number of nitriles is 1. The number of aromatic nitrogens is 2. The van der Waals surface area contributed by atoms with Crippen molar-refractivity contribution in [2.75, 3.05) is 44.2 Å². The van der Waals surface area contributed by atoms with Gasteiger partial charge in [-0.05, 0) is 68.7 Å². The number of rotatable bonds is 6. The van der Waals surface area contributed by atoms with Crippen LogP contribution in [0.25, 0.3) is 0 Å². The summed E-state index contributed by atoms with van der Waals surface area (Å²) in [5.41, 5.74) is 4.10. The molecule has 2 aliphatic carbocycles. The third kappa shape index (κ3) is 4.93. The van der Waals surface area contributed by atoms with E-state index in [4.69, 9.17) is 26.3 Å². The number of hydrogen-bond donors (Lipinski definition) is 0. The van der Waals surface area contributed by atoms with Crippen LogP contribution in [0.15, 0.2) is 30.6 Å². The van der Waals surface area contributed by atoms with E-state index in [2.05, 4.69) is 28.5 Å². The predicted molar refractivity (Wildman–Crippen MR) is 162 cm³/mol. The van der Waals surface area contributed by atoms with E-state index in [0.717, 1.165) is 73.6 Å². The highest BCUT2D eigenvalue weighted by molar-refractivity contribution is 6.31. The van der Waals surface area contributed by atoms with Crippen molar-refractivity contribution in [1.29, 1.82) is 5.26 Å². The summed E-state index contributed by atoms with van der Waals surface area (Å²) in [5, 5.41) is 10.3. The molecule has 1 aromatic heterocycles. The number of amides is 1. The molecule has 8 nitrogen and oxygen atoms in total. The van der Waals surface area contributed by atoms with Crippen LogP contribution in [-0.4, -0.2) is 82.8 Å². The van der Waals surface area contributed by atoms with Gasteiger partial charge in [0.1, 0.15) is 18.6 Å². The maximum absolute atomic E-state index is 14.5. The van der Waals surface area contributed by atoms with Crippen LogP contribution in [0.5, 0.6) is 6.01 Å². The smallest absolute Gasteiger partial charge is 0.318 e. The summed E-state index contributed by atoms with van der Waals surface area (Å²) in [6.45, 7) is 5.83. The van der Waals surface area contributed by atoms with Crippen molar-refractivity contribution in [3.63, 3.8) is 0 Å². The number of hydrogen-bond acceptors (Lipinski definition) is 7. The number of carbonyl (C=O) groups is 1. The number of anilines is 1. The van der Waals surface area contributed by atoms with Gasteiger partial charge in [-0.2, -0.15) is 15.2 Å². The van der Waals surface area contributed by atoms with E-state index >= 15 is 0 Å². The second-order valence-corrected chi connectivity index (χ2v) is 13.6. The van der Waals surface area contributed by atoms with E-state index in [0.29, 0.717) is 32.7 Å². The summed E-state index contributed by atoms with van der Waals surface area (Å²) in [4.78, 5) is 28.2. The first-order chi connectivity index (χ1) is 21.2. The molecule has 11 heteroatoms. The lowest BCUT2D eigenvalue weighted by Crippen LogP contribution is -2.55. The van der Waals surface area contributed by atoms with Gasteiger partial charge >= 0.3 is 6.01 Å². The highest BCUT2D eigenvalue weighted by Crippen LogP contribution is 2.50. The summed E-state index contributed by atoms with van der Waals surface area (Å²) < 4.78 is 34.7. The highest BCUT2D eigenvalue weighted by Gasteiger charge is 2.50. The van der Waals surface area contributed by atoms with E-state index in [1.807, 2.05) is 12.1 Å². The van der Waals surface area contributed by atoms with Crippen molar-refractivity contribution in [3.05, 3.63) is 58.0 Å². The molecule has 1 spiro atoms. The van der Waals surface area contributed by atoms with Gasteiger partial charge < -0.3 is 14.5 Å². The minimum Gasteiger partial charge on any atom is -0.461 e. The average molecular weight is 623 g/mol. The Labute approximate surface area is 261 Å². The van der Waals surface area contributed by atoms with Crippen molar-refractivity contribution in [2.45, 2.75) is 81.0 Å². The zero-order valence-corrected chi connectivity index (χ0v) is 25.6. The third-order valence-electron chi connectivity index (χ3n) is 10.8. The predicted octanol–water partition coefficient (Wildman–Crippen LogP) is 4.87. The summed E-state index contributed by atoms with van der Waals surface area (Å²) in [6.07, 6.45) is 5.92. The Bertz CT molecular complexity index is 1550. The maximum atomic E-state index is 14.5. The molecule has 0 bridgehead atoms. The zero-order valence-electron chi connectivity index (χ0n) is 24.8. The summed E-state index contributed by atoms with van der Waals surface area (Å²) in [5.74, 6) is -1.06. The monoisotopic (exact) mass is 622 g/mol. The number of nitrogens with zero attached hydrogens (tertiary/aromatic N) is 6. The quantitative estimate of drug-likeness (QED) is 0.425. The fourth-order valence-electron chi connectivity index (χ4n) is 8.65. The van der Waals surface area contributed by atoms with Gasteiger partial charge in [0, 0.05) is 48.6 Å². The molecule has 3 aliphatic heterocycles. The molecule has 1 aromatic carbocycles. The first kappa shape index (κ1) is 29.4. The second kappa shape index (κ2) is 11.3. The van der Waals surface area contributed by atoms with Gasteiger partial charge in [0.25, 0.3) is 5.91 Å². The molecule has 3 saturated heterocycles. The average Bonchev–Trinajstić information content (AvgIpc) is 3.66. The van der Waals surface area contributed by atoms with Gasteiger partial charge in [0.2, 0.25) is 0 Å². The molecule has 2 aromatic rings. The summed E-state index contributed by atoms with van der Waals surface area (Å²) in [7, 11) is 0. The fourth-order valence-corrected chi connectivity index (χ4v) is 8.92. The lowest BCUT2D eigenvalue weighted by atomic mass is 9.69. The Kier molecular flexibility index (Phi) is 7.53. The molecule has 232 valence electrons. The second-order valence-electron chi connectivity index (χ2n) is 13.2. The Morgan fingerprint density at radius 1 is 1.16 bits per heavy atom. The van der Waals surface area contributed by atoms with Gasteiger partial charge in [-0.3, -0.25) is 9.69 Å². The first-order valence-electron chi connectivity index (χ1n) is 15.7. The number of piperazine rings is 1. The molecule has 0 N–H and O–H groups in total. The topological polar surface area (TPSA) is 85.6 Å². The van der Waals surface area contributed by atoms with Crippen molar-refractivity contribution in [3.8, 4) is 12.1 Å². The molecular weight excluding hydrogens is 586 g/mol. The molecule has 4 atom stereocenters. The van der Waals surface area contributed by atoms with Gasteiger partial charge in [-0.15, -0.1) is 0 Å². The van der Waals surface area contributed by atoms with Crippen LogP contribution in [-0.2, 0) is 29.5 Å². The standard InChI is InChI=1S/C33H37ClF2N6O2/c1-21(35)30(43)42-15-14-40(19-23(42)8-12-37)29-25-7-11-32(10-6-24-26(32)4-2-5-27(24)34)17-28(25)38-31(39-29)44-20-33-9-3-13-41(33)18-22(36)16-33/h2,4-5,22-23H,1,3,6-11,13-20H2/t22-,23+,32+,33+/m1/s1. The normalized spacial score (nSPS) is 29.3. The number of ether oxygens (including phenoxy) is 1. The maximum Gasteiger partial charge on any atom is 0.318 e. The lowest BCUT2D eigenvalue weighted by molar-refractivity contribution is -0.131. The molecule has 0 unspecified atom stereocenters. The van der Waals surface area contributed by atoms with Crippen molar-refractivity contribution < 1.29 is 18.3 Å². The van der Waals surface area contributed by atoms with E-state index < -0.39 is 23.9 Å². The van der Waals surface area contributed by atoms with Gasteiger partial charge in [0.05, 0.1) is 29.8 Å². The van der Waals surface area contributed by atoms with Crippen LogP contribution >= 0.6 is 11.6 Å². The Morgan fingerprint density at radius 2 is 1.98 bits per heavy atom. The molecule has 0 radical (unpaired) electrons. The van der Waals surface area contributed by atoms with Crippen LogP contribution < -0.4 is 9.64 Å². The van der Waals surface area contributed by atoms with Gasteiger partial charge in [0.15, 0.2) is 5.83 Å². The Balaban J connectivity index is 1.23. The molecule has 4 heterocycles. The molecule has 1 amide bonds. The number of halogens is 3. The van der Waals surface area contributed by atoms with E-state index in [9.17, 15) is 18.8 Å². The minimum atomic E-state index is -1.03. The molecule has 44 heavy (non-hydrogen) atoms. The molecule has 3 fully saturated rings. The SMILES string of the molecule is C=C(F)C(=O)N1CCN(c2nc(OC[C@@]34CCCN3C[C@H](F)C4)nc3c2CC[C@@]2(CCc4c(Cl)cccc42)C3)C[C@@H]1CC#N. The fraction of sp³-hybridized carbons (Fsp3) is 0.576. The molecular formula is C33H37ClF2N6O2. The minimum absolute atomic E-state index is 0.0650. The third-order valence-corrected chi connectivity index (χ3v) is 11.1. The van der Waals surface area contributed by atoms with E-state index in [1.165, 1.54) is 16.0 Å². The van der Waals surface area contributed by atoms with Crippen LogP contribution in [0.2, 0.25) is 5.02 Å². The first-order valence-corrected chi connectivity index (χ1v) is 16.1. The summed E-state index contributed by atoms with van der Waals surface area (Å²) in [6, 6.07) is 8.10. The molecule has 7 rings (SSSR count). The van der Waals surface area contributed by atoms with Crippen LogP contribution in [0.3, 0.4) is 0 Å². The Morgan fingerprint density at radius 3 is 2.77 bits per heavy atom. The van der Waals surface area contributed by atoms with Gasteiger partial charge in [-0.25, -0.2) is 8.78 Å². The lowest BCUT2D eigenvalue weighted by Gasteiger charge is -2.43. The number of fused-ring (bicyclic) bond motifs is 4. The number of carbonyl (C=O) groups excluding carboxylic acids is 1. The van der Waals surface area contributed by atoms with Crippen molar-refractivity contribution in [1.82, 2.24) is 19.8 Å². The van der Waals surface area contributed by atoms with Crippen LogP contribution in [0.1, 0.15) is 60.9 Å². The van der Waals surface area contributed by atoms with Gasteiger partial charge in [-0.1, -0.05) is 30.3 Å². The van der Waals surface area contributed by atoms with E-state index in [1.54, 1.807) is 0 Å². The Hall–Kier alpha value is -3.29. The zero-order chi connectivity index (χ0) is 30.6. The van der Waals surface area contributed by atoms with E-state index in [-0.39, 0.29) is 29.9 Å². The van der Waals surface area contributed by atoms with Crippen LogP contribution in [0, 0.1) is 11.3 Å². The molecule has 0 saturated carbocycles. The largest absolute Gasteiger partial charge is 0.461 e. The molecule has 5 aliphatic rings. The van der Waals surface area contributed by atoms with Crippen molar-refractivity contribution >= 4 is 23.3 Å². The number of benzene rings is 1. The summed E-state index contributed by atoms with van der Waals surface area (Å²) >= 11 is 6.61. The number of alkyl halides is 1. The van der Waals surface area contributed by atoms with Crippen LogP contribution in [0.4, 0.5) is 14.6 Å². The van der Waals surface area contributed by atoms with Crippen molar-refractivity contribution in [2.24, 2.45) is 0 Å². The highest BCUT2D eigenvalue weighted by atomic mass is 35.5.